The molecular weight excluding hydrogens is 200 g/mol. The molecule has 0 aliphatic heterocycles. The highest BCUT2D eigenvalue weighted by atomic mass is 15.1. The molecule has 0 radical (unpaired) electrons. The standard InChI is InChI=1S/C12H18N4/c1-10(2)16(7-3-5-13)9-11-4-6-15-12(14)8-11/h4,6,8,10H,3,7,9H2,1-2H3,(H2,14,15). The van der Waals surface area contributed by atoms with Crippen molar-refractivity contribution >= 4 is 5.82 Å². The Morgan fingerprint density at radius 2 is 2.31 bits per heavy atom. The Morgan fingerprint density at radius 1 is 1.56 bits per heavy atom. The monoisotopic (exact) mass is 218 g/mol. The topological polar surface area (TPSA) is 65.9 Å². The van der Waals surface area contributed by atoms with Crippen LogP contribution in [0.1, 0.15) is 25.8 Å². The Balaban J connectivity index is 2.64. The molecule has 0 spiro atoms. The molecule has 0 aliphatic rings. The van der Waals surface area contributed by atoms with E-state index in [0.717, 1.165) is 18.7 Å². The van der Waals surface area contributed by atoms with Crippen molar-refractivity contribution in [2.24, 2.45) is 0 Å². The number of pyridine rings is 1. The average Bonchev–Trinajstić information content (AvgIpc) is 2.24. The van der Waals surface area contributed by atoms with Crippen LogP contribution in [0.5, 0.6) is 0 Å². The summed E-state index contributed by atoms with van der Waals surface area (Å²) in [6, 6.07) is 6.42. The van der Waals surface area contributed by atoms with Crippen molar-refractivity contribution in [1.82, 2.24) is 9.88 Å². The minimum absolute atomic E-state index is 0.419. The maximum absolute atomic E-state index is 8.60. The van der Waals surface area contributed by atoms with Crippen LogP contribution in [-0.4, -0.2) is 22.5 Å². The molecule has 1 aromatic rings. The van der Waals surface area contributed by atoms with Crippen LogP contribution in [0.4, 0.5) is 5.82 Å². The second kappa shape index (κ2) is 6.09. The lowest BCUT2D eigenvalue weighted by Crippen LogP contribution is -2.31. The molecule has 1 rings (SSSR count). The van der Waals surface area contributed by atoms with Crippen LogP contribution < -0.4 is 5.73 Å². The highest BCUT2D eigenvalue weighted by Crippen LogP contribution is 2.10. The number of nitrogen functional groups attached to an aromatic ring is 1. The predicted molar refractivity (Wildman–Crippen MR) is 64.4 cm³/mol. The first kappa shape index (κ1) is 12.5. The number of nitrogens with two attached hydrogens (primary N) is 1. The maximum Gasteiger partial charge on any atom is 0.123 e. The van der Waals surface area contributed by atoms with Crippen molar-refractivity contribution in [2.45, 2.75) is 32.9 Å². The van der Waals surface area contributed by atoms with Gasteiger partial charge in [-0.15, -0.1) is 0 Å². The van der Waals surface area contributed by atoms with Crippen molar-refractivity contribution in [3.8, 4) is 6.07 Å². The molecule has 0 saturated carbocycles. The second-order valence-corrected chi connectivity index (χ2v) is 4.06. The van der Waals surface area contributed by atoms with Gasteiger partial charge in [-0.25, -0.2) is 4.98 Å². The van der Waals surface area contributed by atoms with E-state index in [-0.39, 0.29) is 0 Å². The first-order valence-corrected chi connectivity index (χ1v) is 5.45. The van der Waals surface area contributed by atoms with Gasteiger partial charge in [0, 0.05) is 31.7 Å². The molecule has 0 saturated heterocycles. The van der Waals surface area contributed by atoms with E-state index in [4.69, 9.17) is 11.0 Å². The zero-order valence-electron chi connectivity index (χ0n) is 9.85. The Labute approximate surface area is 96.7 Å². The van der Waals surface area contributed by atoms with Gasteiger partial charge >= 0.3 is 0 Å². The van der Waals surface area contributed by atoms with Crippen LogP contribution in [0.2, 0.25) is 0 Å². The van der Waals surface area contributed by atoms with E-state index < -0.39 is 0 Å². The summed E-state index contributed by atoms with van der Waals surface area (Å²) in [6.07, 6.45) is 2.27. The van der Waals surface area contributed by atoms with E-state index in [1.165, 1.54) is 0 Å². The van der Waals surface area contributed by atoms with Crippen LogP contribution in [0.3, 0.4) is 0 Å². The molecule has 4 heteroatoms. The van der Waals surface area contributed by atoms with Crippen molar-refractivity contribution in [3.63, 3.8) is 0 Å². The lowest BCUT2D eigenvalue weighted by Gasteiger charge is -2.25. The second-order valence-electron chi connectivity index (χ2n) is 4.06. The Hall–Kier alpha value is -1.60. The van der Waals surface area contributed by atoms with Gasteiger partial charge in [0.25, 0.3) is 0 Å². The summed E-state index contributed by atoms with van der Waals surface area (Å²) in [5.74, 6) is 0.543. The van der Waals surface area contributed by atoms with Crippen LogP contribution >= 0.6 is 0 Å². The van der Waals surface area contributed by atoms with Gasteiger partial charge in [-0.05, 0) is 31.5 Å². The minimum Gasteiger partial charge on any atom is -0.384 e. The fraction of sp³-hybridized carbons (Fsp3) is 0.500. The molecule has 86 valence electrons. The SMILES string of the molecule is CC(C)N(CCC#N)Cc1ccnc(N)c1. The van der Waals surface area contributed by atoms with E-state index >= 15 is 0 Å². The summed E-state index contributed by atoms with van der Waals surface area (Å²) in [5, 5.41) is 8.60. The fourth-order valence-electron chi connectivity index (χ4n) is 1.54. The van der Waals surface area contributed by atoms with E-state index in [9.17, 15) is 0 Å². The first-order chi connectivity index (χ1) is 7.63. The summed E-state index contributed by atoms with van der Waals surface area (Å²) in [6.45, 7) is 5.85. The van der Waals surface area contributed by atoms with Gasteiger partial charge in [0.05, 0.1) is 6.07 Å². The van der Waals surface area contributed by atoms with Gasteiger partial charge in [0.1, 0.15) is 5.82 Å². The Morgan fingerprint density at radius 3 is 2.88 bits per heavy atom. The summed E-state index contributed by atoms with van der Waals surface area (Å²) in [5.41, 5.74) is 6.77. The van der Waals surface area contributed by atoms with Gasteiger partial charge in [-0.2, -0.15) is 5.26 Å². The van der Waals surface area contributed by atoms with E-state index in [1.807, 2.05) is 12.1 Å². The maximum atomic E-state index is 8.60. The average molecular weight is 218 g/mol. The summed E-state index contributed by atoms with van der Waals surface area (Å²) in [7, 11) is 0. The molecule has 0 fully saturated rings. The predicted octanol–water partition coefficient (Wildman–Crippen LogP) is 1.79. The van der Waals surface area contributed by atoms with E-state index in [0.29, 0.717) is 18.3 Å². The molecular formula is C12H18N4. The smallest absolute Gasteiger partial charge is 0.123 e. The molecule has 0 aliphatic carbocycles. The van der Waals surface area contributed by atoms with Crippen molar-refractivity contribution in [1.29, 1.82) is 5.26 Å². The van der Waals surface area contributed by atoms with Gasteiger partial charge in [-0.3, -0.25) is 4.90 Å². The van der Waals surface area contributed by atoms with Gasteiger partial charge in [0.2, 0.25) is 0 Å². The molecule has 0 unspecified atom stereocenters. The third kappa shape index (κ3) is 3.87. The summed E-state index contributed by atoms with van der Waals surface area (Å²) < 4.78 is 0. The Kier molecular flexibility index (Phi) is 4.74. The number of aromatic nitrogens is 1. The molecule has 0 amide bonds. The molecule has 0 atom stereocenters. The van der Waals surface area contributed by atoms with Crippen LogP contribution in [-0.2, 0) is 6.54 Å². The van der Waals surface area contributed by atoms with Crippen molar-refractivity contribution in [2.75, 3.05) is 12.3 Å². The largest absolute Gasteiger partial charge is 0.384 e. The van der Waals surface area contributed by atoms with Gasteiger partial charge in [-0.1, -0.05) is 0 Å². The van der Waals surface area contributed by atoms with Crippen LogP contribution in [0.25, 0.3) is 0 Å². The van der Waals surface area contributed by atoms with Crippen LogP contribution in [0.15, 0.2) is 18.3 Å². The molecule has 0 bridgehead atoms. The first-order valence-electron chi connectivity index (χ1n) is 5.45. The van der Waals surface area contributed by atoms with Crippen molar-refractivity contribution in [3.05, 3.63) is 23.9 Å². The molecule has 2 N–H and O–H groups in total. The van der Waals surface area contributed by atoms with E-state index in [1.54, 1.807) is 6.20 Å². The lowest BCUT2D eigenvalue weighted by molar-refractivity contribution is 0.218. The molecule has 16 heavy (non-hydrogen) atoms. The zero-order valence-corrected chi connectivity index (χ0v) is 9.85. The van der Waals surface area contributed by atoms with Gasteiger partial charge in [0.15, 0.2) is 0 Å². The normalized spacial score (nSPS) is 10.7. The highest BCUT2D eigenvalue weighted by molar-refractivity contribution is 5.31. The molecule has 4 nitrogen and oxygen atoms in total. The molecule has 1 aromatic heterocycles. The molecule has 0 aromatic carbocycles. The van der Waals surface area contributed by atoms with Crippen LogP contribution in [0, 0.1) is 11.3 Å². The lowest BCUT2D eigenvalue weighted by atomic mass is 10.2. The number of hydrogen-bond donors (Lipinski definition) is 1. The summed E-state index contributed by atoms with van der Waals surface area (Å²) in [4.78, 5) is 6.21. The molecule has 1 heterocycles. The number of rotatable bonds is 5. The zero-order chi connectivity index (χ0) is 12.0. The highest BCUT2D eigenvalue weighted by Gasteiger charge is 2.09. The number of nitriles is 1. The third-order valence-corrected chi connectivity index (χ3v) is 2.47. The number of anilines is 1. The number of nitrogens with zero attached hydrogens (tertiary/aromatic N) is 3. The minimum atomic E-state index is 0.419. The quantitative estimate of drug-likeness (QED) is 0.818. The van der Waals surface area contributed by atoms with Gasteiger partial charge < -0.3 is 5.73 Å². The fourth-order valence-corrected chi connectivity index (χ4v) is 1.54. The number of hydrogen-bond acceptors (Lipinski definition) is 4. The Bertz CT molecular complexity index is 368. The third-order valence-electron chi connectivity index (χ3n) is 2.47. The van der Waals surface area contributed by atoms with E-state index in [2.05, 4.69) is 29.8 Å². The van der Waals surface area contributed by atoms with Crippen molar-refractivity contribution < 1.29 is 0 Å². The summed E-state index contributed by atoms with van der Waals surface area (Å²) >= 11 is 0.